The number of benzene rings is 2. The number of hydrogen-bond donors (Lipinski definition) is 2. The van der Waals surface area contributed by atoms with E-state index in [-0.39, 0.29) is 5.91 Å². The van der Waals surface area contributed by atoms with Gasteiger partial charge < -0.3 is 19.3 Å². The molecule has 148 valence electrons. The summed E-state index contributed by atoms with van der Waals surface area (Å²) in [6, 6.07) is 16.6. The van der Waals surface area contributed by atoms with Crippen LogP contribution in [-0.2, 0) is 0 Å². The number of nitrogens with zero attached hydrogens (tertiary/aromatic N) is 1. The molecule has 1 amide bonds. The van der Waals surface area contributed by atoms with E-state index in [0.29, 0.717) is 29.6 Å². The number of quaternary nitrogens is 1. The maximum atomic E-state index is 12.4. The lowest BCUT2D eigenvalue weighted by atomic mass is 10.2. The number of hydrogen-bond acceptors (Lipinski definition) is 4. The van der Waals surface area contributed by atoms with Crippen LogP contribution in [0.1, 0.15) is 10.4 Å². The molecule has 2 aromatic carbocycles. The van der Waals surface area contributed by atoms with Crippen LogP contribution < -0.4 is 19.7 Å². The first-order valence-electron chi connectivity index (χ1n) is 9.44. The van der Waals surface area contributed by atoms with Crippen molar-refractivity contribution >= 4 is 23.2 Å². The number of para-hydroxylation sites is 1. The summed E-state index contributed by atoms with van der Waals surface area (Å²) in [5.41, 5.74) is 0.551. The normalized spacial score (nSPS) is 14.4. The summed E-state index contributed by atoms with van der Waals surface area (Å²) < 4.78 is 11.2. The van der Waals surface area contributed by atoms with Crippen molar-refractivity contribution in [2.45, 2.75) is 0 Å². The molecule has 2 aromatic rings. The molecule has 1 fully saturated rings. The minimum absolute atomic E-state index is 0.199. The van der Waals surface area contributed by atoms with E-state index in [9.17, 15) is 4.79 Å². The summed E-state index contributed by atoms with van der Waals surface area (Å²) in [5, 5.41) is 3.32. The molecule has 0 unspecified atom stereocenters. The van der Waals surface area contributed by atoms with Crippen LogP contribution in [0.2, 0.25) is 0 Å². The molecule has 7 heteroatoms. The zero-order valence-electron chi connectivity index (χ0n) is 16.0. The molecule has 2 N–H and O–H groups in total. The number of ether oxygens (including phenoxy) is 2. The molecule has 0 bridgehead atoms. The molecule has 28 heavy (non-hydrogen) atoms. The average molecular weight is 401 g/mol. The van der Waals surface area contributed by atoms with Gasteiger partial charge in [0.1, 0.15) is 24.7 Å². The molecule has 0 spiro atoms. The summed E-state index contributed by atoms with van der Waals surface area (Å²) >= 11 is 5.37. The fourth-order valence-electron chi connectivity index (χ4n) is 2.88. The van der Waals surface area contributed by atoms with E-state index in [1.165, 1.54) is 4.90 Å². The highest BCUT2D eigenvalue weighted by Crippen LogP contribution is 2.13. The van der Waals surface area contributed by atoms with Gasteiger partial charge in [0.25, 0.3) is 5.91 Å². The molecule has 3 rings (SSSR count). The number of nitrogens with one attached hydrogen (secondary N) is 2. The molecule has 0 atom stereocenters. The maximum Gasteiger partial charge on any atom is 0.257 e. The second-order valence-corrected chi connectivity index (χ2v) is 7.12. The zero-order chi connectivity index (χ0) is 19.8. The van der Waals surface area contributed by atoms with Crippen molar-refractivity contribution in [2.24, 2.45) is 0 Å². The Morgan fingerprint density at radius 1 is 1.00 bits per heavy atom. The van der Waals surface area contributed by atoms with Crippen LogP contribution in [-0.4, -0.2) is 62.4 Å². The number of thiocarbonyl (C=S) groups is 1. The van der Waals surface area contributed by atoms with Gasteiger partial charge in [0, 0.05) is 5.56 Å². The molecular formula is C21H26N3O3S+. The minimum Gasteiger partial charge on any atom is -0.490 e. The predicted octanol–water partition coefficient (Wildman–Crippen LogP) is 0.989. The van der Waals surface area contributed by atoms with Crippen LogP contribution in [0.3, 0.4) is 0 Å². The number of piperazine rings is 1. The fourth-order valence-corrected chi connectivity index (χ4v) is 3.15. The van der Waals surface area contributed by atoms with Gasteiger partial charge in [-0.25, -0.2) is 0 Å². The molecule has 1 saturated heterocycles. The monoisotopic (exact) mass is 400 g/mol. The smallest absolute Gasteiger partial charge is 0.257 e. The molecule has 1 aliphatic rings. The molecule has 1 heterocycles. The molecule has 1 aliphatic heterocycles. The standard InChI is InChI=1S/C21H25N3O3S/c1-23-11-13-24(14-12-23)21(28)22-20(25)17-7-9-19(10-8-17)27-16-15-26-18-5-3-2-4-6-18/h2-10H,11-16H2,1H3,(H,22,25,28)/p+1. The van der Waals surface area contributed by atoms with Gasteiger partial charge in [-0.05, 0) is 48.6 Å². The van der Waals surface area contributed by atoms with Crippen molar-refractivity contribution in [3.8, 4) is 11.5 Å². The number of amides is 1. The lowest BCUT2D eigenvalue weighted by molar-refractivity contribution is -0.883. The molecule has 0 radical (unpaired) electrons. The molecule has 0 aromatic heterocycles. The Morgan fingerprint density at radius 3 is 2.18 bits per heavy atom. The molecule has 0 aliphatic carbocycles. The van der Waals surface area contributed by atoms with Gasteiger partial charge in [-0.3, -0.25) is 10.1 Å². The summed E-state index contributed by atoms with van der Waals surface area (Å²) in [6.07, 6.45) is 0. The highest BCUT2D eigenvalue weighted by molar-refractivity contribution is 7.80. The summed E-state index contributed by atoms with van der Waals surface area (Å²) in [7, 11) is 2.16. The van der Waals surface area contributed by atoms with Crippen molar-refractivity contribution in [3.63, 3.8) is 0 Å². The Bertz CT molecular complexity index is 775. The van der Waals surface area contributed by atoms with E-state index >= 15 is 0 Å². The molecular weight excluding hydrogens is 374 g/mol. The Labute approximate surface area is 171 Å². The highest BCUT2D eigenvalue weighted by atomic mass is 32.1. The van der Waals surface area contributed by atoms with Gasteiger partial charge in [-0.1, -0.05) is 18.2 Å². The Balaban J connectivity index is 1.41. The third kappa shape index (κ3) is 5.94. The first kappa shape index (κ1) is 20.1. The number of carbonyl (C=O) groups excluding carboxylic acids is 1. The van der Waals surface area contributed by atoms with Crippen LogP contribution >= 0.6 is 12.2 Å². The van der Waals surface area contributed by atoms with E-state index in [1.807, 2.05) is 35.2 Å². The summed E-state index contributed by atoms with van der Waals surface area (Å²) in [4.78, 5) is 15.9. The van der Waals surface area contributed by atoms with E-state index in [0.717, 1.165) is 31.9 Å². The quantitative estimate of drug-likeness (QED) is 0.560. The minimum atomic E-state index is -0.199. The van der Waals surface area contributed by atoms with Gasteiger partial charge in [-0.15, -0.1) is 0 Å². The van der Waals surface area contributed by atoms with Gasteiger partial charge in [0.15, 0.2) is 5.11 Å². The number of likely N-dealkylation sites (N-methyl/N-ethyl adjacent to an activating group) is 1. The largest absolute Gasteiger partial charge is 0.490 e. The third-order valence-corrected chi connectivity index (χ3v) is 4.97. The number of rotatable bonds is 6. The van der Waals surface area contributed by atoms with Crippen molar-refractivity contribution in [1.82, 2.24) is 10.2 Å². The van der Waals surface area contributed by atoms with Crippen LogP contribution in [0, 0.1) is 0 Å². The number of carbonyl (C=O) groups is 1. The molecule has 6 nitrogen and oxygen atoms in total. The van der Waals surface area contributed by atoms with Crippen molar-refractivity contribution in [2.75, 3.05) is 46.4 Å². The van der Waals surface area contributed by atoms with Crippen molar-refractivity contribution in [1.29, 1.82) is 0 Å². The highest BCUT2D eigenvalue weighted by Gasteiger charge is 2.20. The van der Waals surface area contributed by atoms with Crippen LogP contribution in [0.15, 0.2) is 54.6 Å². The second kappa shape index (κ2) is 10.1. The maximum absolute atomic E-state index is 12.4. The van der Waals surface area contributed by atoms with Crippen LogP contribution in [0.4, 0.5) is 0 Å². The molecule has 0 saturated carbocycles. The van der Waals surface area contributed by atoms with Gasteiger partial charge in [-0.2, -0.15) is 0 Å². The van der Waals surface area contributed by atoms with Crippen molar-refractivity contribution < 1.29 is 19.2 Å². The summed E-state index contributed by atoms with van der Waals surface area (Å²) in [5.74, 6) is 1.31. The lowest BCUT2D eigenvalue weighted by Gasteiger charge is -2.31. The first-order valence-corrected chi connectivity index (χ1v) is 9.85. The van der Waals surface area contributed by atoms with Crippen molar-refractivity contribution in [3.05, 3.63) is 60.2 Å². The van der Waals surface area contributed by atoms with Gasteiger partial charge in [0.05, 0.1) is 33.2 Å². The Hall–Kier alpha value is -2.64. The summed E-state index contributed by atoms with van der Waals surface area (Å²) in [6.45, 7) is 4.65. The first-order chi connectivity index (χ1) is 13.6. The predicted molar refractivity (Wildman–Crippen MR) is 112 cm³/mol. The Morgan fingerprint density at radius 2 is 1.57 bits per heavy atom. The third-order valence-electron chi connectivity index (χ3n) is 4.61. The van der Waals surface area contributed by atoms with E-state index < -0.39 is 0 Å². The van der Waals surface area contributed by atoms with Crippen LogP contribution in [0.25, 0.3) is 0 Å². The van der Waals surface area contributed by atoms with E-state index in [1.54, 1.807) is 24.3 Å². The van der Waals surface area contributed by atoms with Crippen LogP contribution in [0.5, 0.6) is 11.5 Å². The fraction of sp³-hybridized carbons (Fsp3) is 0.333. The van der Waals surface area contributed by atoms with E-state index in [2.05, 4.69) is 12.4 Å². The second-order valence-electron chi connectivity index (χ2n) is 6.74. The Kier molecular flexibility index (Phi) is 7.22. The lowest BCUT2D eigenvalue weighted by Crippen LogP contribution is -3.12. The van der Waals surface area contributed by atoms with Gasteiger partial charge >= 0.3 is 0 Å². The topological polar surface area (TPSA) is 55.2 Å². The van der Waals surface area contributed by atoms with E-state index in [4.69, 9.17) is 21.7 Å². The van der Waals surface area contributed by atoms with Gasteiger partial charge in [0.2, 0.25) is 0 Å². The zero-order valence-corrected chi connectivity index (χ0v) is 16.8. The SMILES string of the molecule is C[NH+]1CCN(C(=S)NC(=O)c2ccc(OCCOc3ccccc3)cc2)CC1. The average Bonchev–Trinajstić information content (AvgIpc) is 2.73.